The quantitative estimate of drug-likeness (QED) is 0.504. The van der Waals surface area contributed by atoms with E-state index in [2.05, 4.69) is 0 Å². The Bertz CT molecular complexity index is 217. The highest BCUT2D eigenvalue weighted by atomic mass is 16.5. The van der Waals surface area contributed by atoms with Crippen molar-refractivity contribution in [1.82, 2.24) is 0 Å². The van der Waals surface area contributed by atoms with Gasteiger partial charge in [0.15, 0.2) is 0 Å². The molecule has 3 nitrogen and oxygen atoms in total. The topological polar surface area (TPSA) is 43.4 Å². The molecule has 0 aromatic rings. The molecular formula is C12H22O3. The molecule has 0 aromatic carbocycles. The van der Waals surface area contributed by atoms with E-state index in [0.717, 1.165) is 12.8 Å². The number of esters is 1. The molecule has 0 bridgehead atoms. The summed E-state index contributed by atoms with van der Waals surface area (Å²) in [7, 11) is 1.34. The number of hydrogen-bond donors (Lipinski definition) is 0. The Balaban J connectivity index is 4.86. The smallest absolute Gasteiger partial charge is 0.316 e. The Morgan fingerprint density at radius 3 is 1.87 bits per heavy atom. The van der Waals surface area contributed by atoms with Gasteiger partial charge in [0.2, 0.25) is 0 Å². The van der Waals surface area contributed by atoms with Crippen molar-refractivity contribution in [3.05, 3.63) is 0 Å². The summed E-state index contributed by atoms with van der Waals surface area (Å²) in [6.07, 6.45) is 1.66. The van der Waals surface area contributed by atoms with Gasteiger partial charge in [0, 0.05) is 5.92 Å². The molecule has 15 heavy (non-hydrogen) atoms. The van der Waals surface area contributed by atoms with E-state index in [1.807, 2.05) is 27.7 Å². The summed E-state index contributed by atoms with van der Waals surface area (Å²) in [6.45, 7) is 7.64. The molecule has 0 aromatic heterocycles. The van der Waals surface area contributed by atoms with Crippen LogP contribution in [0.25, 0.3) is 0 Å². The van der Waals surface area contributed by atoms with E-state index in [9.17, 15) is 9.59 Å². The Morgan fingerprint density at radius 2 is 1.60 bits per heavy atom. The number of carbonyl (C=O) groups is 2. The van der Waals surface area contributed by atoms with Crippen LogP contribution in [0.5, 0.6) is 0 Å². The molecule has 0 heterocycles. The lowest BCUT2D eigenvalue weighted by Gasteiger charge is -2.23. The van der Waals surface area contributed by atoms with Gasteiger partial charge in [0.1, 0.15) is 11.7 Å². The normalized spacial score (nSPS) is 13.0. The van der Waals surface area contributed by atoms with Gasteiger partial charge in [-0.25, -0.2) is 0 Å². The number of methoxy groups -OCH3 is 1. The van der Waals surface area contributed by atoms with Gasteiger partial charge in [0.25, 0.3) is 0 Å². The van der Waals surface area contributed by atoms with Gasteiger partial charge in [-0.05, 0) is 5.92 Å². The number of ether oxygens (including phenoxy) is 1. The molecule has 0 rings (SSSR count). The average Bonchev–Trinajstić information content (AvgIpc) is 2.23. The Labute approximate surface area is 92.2 Å². The summed E-state index contributed by atoms with van der Waals surface area (Å²) < 4.78 is 4.71. The van der Waals surface area contributed by atoms with Crippen molar-refractivity contribution in [2.75, 3.05) is 7.11 Å². The standard InChI is InChI=1S/C12H22O3/c1-6-9(7-2)10(12(14)15-5)11(13)8(3)4/h8-10H,6-7H2,1-5H3. The third-order valence-electron chi connectivity index (χ3n) is 2.85. The van der Waals surface area contributed by atoms with E-state index in [1.54, 1.807) is 0 Å². The number of hydrogen-bond acceptors (Lipinski definition) is 3. The van der Waals surface area contributed by atoms with Crippen molar-refractivity contribution in [2.45, 2.75) is 40.5 Å². The zero-order valence-electron chi connectivity index (χ0n) is 10.4. The molecule has 0 radical (unpaired) electrons. The summed E-state index contributed by atoms with van der Waals surface area (Å²) in [6, 6.07) is 0. The molecule has 0 N–H and O–H groups in total. The van der Waals surface area contributed by atoms with Crippen molar-refractivity contribution < 1.29 is 14.3 Å². The van der Waals surface area contributed by atoms with E-state index < -0.39 is 5.92 Å². The summed E-state index contributed by atoms with van der Waals surface area (Å²) in [5.41, 5.74) is 0. The first-order chi connectivity index (χ1) is 6.99. The average molecular weight is 214 g/mol. The number of rotatable bonds is 6. The molecular weight excluding hydrogens is 192 g/mol. The molecule has 0 saturated heterocycles. The molecule has 0 amide bonds. The van der Waals surface area contributed by atoms with Crippen LogP contribution >= 0.6 is 0 Å². The molecule has 0 fully saturated rings. The zero-order chi connectivity index (χ0) is 12.0. The summed E-state index contributed by atoms with van der Waals surface area (Å²) in [5.74, 6) is -0.981. The fraction of sp³-hybridized carbons (Fsp3) is 0.833. The van der Waals surface area contributed by atoms with Crippen LogP contribution in [0.3, 0.4) is 0 Å². The lowest BCUT2D eigenvalue weighted by atomic mass is 9.81. The summed E-state index contributed by atoms with van der Waals surface area (Å²) in [4.78, 5) is 23.5. The number of carbonyl (C=O) groups excluding carboxylic acids is 2. The zero-order valence-corrected chi connectivity index (χ0v) is 10.4. The second kappa shape index (κ2) is 6.59. The number of ketones is 1. The van der Waals surface area contributed by atoms with Gasteiger partial charge < -0.3 is 4.74 Å². The third kappa shape index (κ3) is 3.65. The van der Waals surface area contributed by atoms with Gasteiger partial charge >= 0.3 is 5.97 Å². The van der Waals surface area contributed by atoms with E-state index >= 15 is 0 Å². The lowest BCUT2D eigenvalue weighted by Crippen LogP contribution is -2.34. The van der Waals surface area contributed by atoms with Crippen LogP contribution in [0.15, 0.2) is 0 Å². The first-order valence-corrected chi connectivity index (χ1v) is 5.61. The molecule has 0 aliphatic heterocycles. The SMILES string of the molecule is CCC(CC)C(C(=O)OC)C(=O)C(C)C. The molecule has 0 saturated carbocycles. The van der Waals surface area contributed by atoms with Crippen LogP contribution in [0.2, 0.25) is 0 Å². The second-order valence-electron chi connectivity index (χ2n) is 4.13. The van der Waals surface area contributed by atoms with Crippen LogP contribution in [-0.4, -0.2) is 18.9 Å². The number of Topliss-reactive ketones (excluding diaryl/α,β-unsaturated/α-hetero) is 1. The van der Waals surface area contributed by atoms with Crippen molar-refractivity contribution in [1.29, 1.82) is 0 Å². The van der Waals surface area contributed by atoms with Gasteiger partial charge in [-0.2, -0.15) is 0 Å². The molecule has 1 atom stereocenters. The van der Waals surface area contributed by atoms with Gasteiger partial charge in [-0.15, -0.1) is 0 Å². The minimum absolute atomic E-state index is 0.00412. The molecule has 0 aliphatic rings. The molecule has 0 aliphatic carbocycles. The Hall–Kier alpha value is -0.860. The molecule has 1 unspecified atom stereocenters. The first kappa shape index (κ1) is 14.1. The van der Waals surface area contributed by atoms with Crippen molar-refractivity contribution in [3.63, 3.8) is 0 Å². The highest BCUT2D eigenvalue weighted by Gasteiger charge is 2.34. The third-order valence-corrected chi connectivity index (χ3v) is 2.85. The maximum absolute atomic E-state index is 11.9. The van der Waals surface area contributed by atoms with E-state index in [4.69, 9.17) is 4.74 Å². The molecule has 88 valence electrons. The minimum atomic E-state index is -0.579. The highest BCUT2D eigenvalue weighted by Crippen LogP contribution is 2.24. The second-order valence-corrected chi connectivity index (χ2v) is 4.13. The van der Waals surface area contributed by atoms with Crippen molar-refractivity contribution in [3.8, 4) is 0 Å². The summed E-state index contributed by atoms with van der Waals surface area (Å²) >= 11 is 0. The van der Waals surface area contributed by atoms with Gasteiger partial charge in [-0.1, -0.05) is 40.5 Å². The Kier molecular flexibility index (Phi) is 6.21. The fourth-order valence-electron chi connectivity index (χ4n) is 1.79. The van der Waals surface area contributed by atoms with Crippen LogP contribution in [0, 0.1) is 17.8 Å². The van der Waals surface area contributed by atoms with Crippen LogP contribution < -0.4 is 0 Å². The predicted molar refractivity (Wildman–Crippen MR) is 59.4 cm³/mol. The molecule has 0 spiro atoms. The van der Waals surface area contributed by atoms with Crippen LogP contribution in [0.4, 0.5) is 0 Å². The van der Waals surface area contributed by atoms with E-state index in [-0.39, 0.29) is 23.6 Å². The fourth-order valence-corrected chi connectivity index (χ4v) is 1.79. The molecule has 3 heteroatoms. The monoisotopic (exact) mass is 214 g/mol. The van der Waals surface area contributed by atoms with Gasteiger partial charge in [-0.3, -0.25) is 9.59 Å². The predicted octanol–water partition coefficient (Wildman–Crippen LogP) is 2.44. The Morgan fingerprint density at radius 1 is 1.13 bits per heavy atom. The summed E-state index contributed by atoms with van der Waals surface area (Å²) in [5, 5.41) is 0. The lowest BCUT2D eigenvalue weighted by molar-refractivity contribution is -0.153. The largest absolute Gasteiger partial charge is 0.468 e. The minimum Gasteiger partial charge on any atom is -0.468 e. The van der Waals surface area contributed by atoms with Crippen LogP contribution in [0.1, 0.15) is 40.5 Å². The maximum atomic E-state index is 11.9. The highest BCUT2D eigenvalue weighted by molar-refractivity contribution is 6.00. The maximum Gasteiger partial charge on any atom is 0.316 e. The first-order valence-electron chi connectivity index (χ1n) is 5.61. The van der Waals surface area contributed by atoms with Crippen LogP contribution in [-0.2, 0) is 14.3 Å². The van der Waals surface area contributed by atoms with E-state index in [0.29, 0.717) is 0 Å². The van der Waals surface area contributed by atoms with Crippen molar-refractivity contribution >= 4 is 11.8 Å². The van der Waals surface area contributed by atoms with E-state index in [1.165, 1.54) is 7.11 Å². The van der Waals surface area contributed by atoms with Crippen molar-refractivity contribution in [2.24, 2.45) is 17.8 Å². The van der Waals surface area contributed by atoms with Gasteiger partial charge in [0.05, 0.1) is 7.11 Å².